The quantitative estimate of drug-likeness (QED) is 0.637. The number of piperazine rings is 1. The number of guanidine groups is 1. The van der Waals surface area contributed by atoms with E-state index >= 15 is 0 Å². The lowest BCUT2D eigenvalue weighted by molar-refractivity contribution is 0.0137. The second-order valence-corrected chi connectivity index (χ2v) is 8.86. The zero-order chi connectivity index (χ0) is 22.3. The van der Waals surface area contributed by atoms with E-state index in [2.05, 4.69) is 39.5 Å². The molecule has 0 spiro atoms. The number of fused-ring (bicyclic) bond motifs is 1. The molecule has 1 aromatic rings. The fourth-order valence-electron chi connectivity index (χ4n) is 3.69. The van der Waals surface area contributed by atoms with Gasteiger partial charge < -0.3 is 29.3 Å². The third kappa shape index (κ3) is 7.11. The SMILES string of the molecule is CCOCCOCc1cccc(CNC2=NCC3CN(C(=O)OC(C)(C)C)CCN23)c1. The number of rotatable bonds is 8. The van der Waals surface area contributed by atoms with Crippen LogP contribution in [0, 0.1) is 0 Å². The molecule has 0 saturated carbocycles. The van der Waals surface area contributed by atoms with Gasteiger partial charge in [-0.1, -0.05) is 24.3 Å². The predicted molar refractivity (Wildman–Crippen MR) is 120 cm³/mol. The van der Waals surface area contributed by atoms with E-state index in [1.807, 2.05) is 27.7 Å². The fraction of sp³-hybridized carbons (Fsp3) is 0.652. The van der Waals surface area contributed by atoms with Crippen molar-refractivity contribution in [3.05, 3.63) is 35.4 Å². The van der Waals surface area contributed by atoms with Crippen molar-refractivity contribution in [3.63, 3.8) is 0 Å². The van der Waals surface area contributed by atoms with Crippen LogP contribution in [0.4, 0.5) is 4.79 Å². The molecule has 2 aliphatic heterocycles. The number of hydrogen-bond acceptors (Lipinski definition) is 7. The molecule has 1 aromatic carbocycles. The van der Waals surface area contributed by atoms with E-state index in [4.69, 9.17) is 14.2 Å². The van der Waals surface area contributed by atoms with Crippen LogP contribution in [0.5, 0.6) is 0 Å². The molecule has 1 amide bonds. The number of carbonyl (C=O) groups excluding carboxylic acids is 1. The summed E-state index contributed by atoms with van der Waals surface area (Å²) in [7, 11) is 0. The summed E-state index contributed by atoms with van der Waals surface area (Å²) in [6.07, 6.45) is -0.242. The molecule has 31 heavy (non-hydrogen) atoms. The summed E-state index contributed by atoms with van der Waals surface area (Å²) in [5.74, 6) is 0.909. The number of benzene rings is 1. The average Bonchev–Trinajstić information content (AvgIpc) is 3.13. The minimum atomic E-state index is -0.476. The van der Waals surface area contributed by atoms with Crippen LogP contribution < -0.4 is 5.32 Å². The Morgan fingerprint density at radius 1 is 1.19 bits per heavy atom. The molecule has 0 aromatic heterocycles. The van der Waals surface area contributed by atoms with Gasteiger partial charge in [0.05, 0.1) is 32.4 Å². The fourth-order valence-corrected chi connectivity index (χ4v) is 3.69. The van der Waals surface area contributed by atoms with Crippen LogP contribution in [0.15, 0.2) is 29.3 Å². The van der Waals surface area contributed by atoms with Crippen LogP contribution >= 0.6 is 0 Å². The number of amides is 1. The van der Waals surface area contributed by atoms with Crippen LogP contribution in [0.3, 0.4) is 0 Å². The van der Waals surface area contributed by atoms with Crippen molar-refractivity contribution in [1.29, 1.82) is 0 Å². The molecule has 0 aliphatic carbocycles. The first-order valence-electron chi connectivity index (χ1n) is 11.1. The Morgan fingerprint density at radius 3 is 2.74 bits per heavy atom. The maximum absolute atomic E-state index is 12.4. The molecule has 0 radical (unpaired) electrons. The van der Waals surface area contributed by atoms with Crippen molar-refractivity contribution in [3.8, 4) is 0 Å². The van der Waals surface area contributed by atoms with Gasteiger partial charge in [0.2, 0.25) is 0 Å². The predicted octanol–water partition coefficient (Wildman–Crippen LogP) is 2.62. The Bertz CT molecular complexity index is 762. The van der Waals surface area contributed by atoms with E-state index in [1.165, 1.54) is 5.56 Å². The van der Waals surface area contributed by atoms with Crippen LogP contribution in [0.1, 0.15) is 38.8 Å². The summed E-state index contributed by atoms with van der Waals surface area (Å²) in [5.41, 5.74) is 1.85. The Hall–Kier alpha value is -2.32. The average molecular weight is 433 g/mol. The minimum Gasteiger partial charge on any atom is -0.444 e. The standard InChI is InChI=1S/C23H36N4O4/c1-5-29-11-12-30-17-19-8-6-7-18(13-19)14-24-21-25-15-20-16-26(9-10-27(20)21)22(28)31-23(2,3)4/h6-8,13,20H,5,9-12,14-17H2,1-4H3,(H,24,25). The van der Waals surface area contributed by atoms with Gasteiger partial charge in [0.15, 0.2) is 5.96 Å². The molecule has 1 fully saturated rings. The Kier molecular flexibility index (Phi) is 8.15. The molecule has 8 nitrogen and oxygen atoms in total. The molecule has 2 aliphatic rings. The number of hydrogen-bond donors (Lipinski definition) is 1. The largest absolute Gasteiger partial charge is 0.444 e. The van der Waals surface area contributed by atoms with E-state index in [0.717, 1.165) is 18.1 Å². The van der Waals surface area contributed by atoms with Gasteiger partial charge in [-0.25, -0.2) is 4.79 Å². The van der Waals surface area contributed by atoms with E-state index in [-0.39, 0.29) is 12.1 Å². The monoisotopic (exact) mass is 432 g/mol. The summed E-state index contributed by atoms with van der Waals surface area (Å²) in [6.45, 7) is 13.6. The van der Waals surface area contributed by atoms with Gasteiger partial charge in [0, 0.05) is 32.8 Å². The summed E-state index contributed by atoms with van der Waals surface area (Å²) >= 11 is 0. The van der Waals surface area contributed by atoms with Crippen molar-refractivity contribution >= 4 is 12.1 Å². The topological polar surface area (TPSA) is 75.6 Å². The first-order valence-corrected chi connectivity index (χ1v) is 11.1. The van der Waals surface area contributed by atoms with Gasteiger partial charge in [-0.3, -0.25) is 4.99 Å². The first-order chi connectivity index (χ1) is 14.9. The van der Waals surface area contributed by atoms with Crippen molar-refractivity contribution < 1.29 is 19.0 Å². The highest BCUT2D eigenvalue weighted by Gasteiger charge is 2.36. The highest BCUT2D eigenvalue weighted by atomic mass is 16.6. The molecule has 1 unspecified atom stereocenters. The Labute approximate surface area is 185 Å². The van der Waals surface area contributed by atoms with Crippen LogP contribution in [-0.4, -0.2) is 79.5 Å². The molecule has 1 atom stereocenters. The Balaban J connectivity index is 1.44. The number of aliphatic imine (C=N–C) groups is 1. The zero-order valence-electron chi connectivity index (χ0n) is 19.2. The highest BCUT2D eigenvalue weighted by Crippen LogP contribution is 2.19. The van der Waals surface area contributed by atoms with Crippen LogP contribution in [0.25, 0.3) is 0 Å². The van der Waals surface area contributed by atoms with E-state index in [1.54, 1.807) is 4.90 Å². The van der Waals surface area contributed by atoms with Gasteiger partial charge in [-0.05, 0) is 38.8 Å². The van der Waals surface area contributed by atoms with E-state index < -0.39 is 5.60 Å². The number of carbonyl (C=O) groups is 1. The maximum atomic E-state index is 12.4. The number of ether oxygens (including phenoxy) is 3. The third-order valence-corrected chi connectivity index (χ3v) is 5.15. The molecule has 1 N–H and O–H groups in total. The molecule has 172 valence electrons. The van der Waals surface area contributed by atoms with Gasteiger partial charge in [0.25, 0.3) is 0 Å². The molecular formula is C23H36N4O4. The molecule has 3 rings (SSSR count). The maximum Gasteiger partial charge on any atom is 0.410 e. The lowest BCUT2D eigenvalue weighted by Crippen LogP contribution is -2.57. The van der Waals surface area contributed by atoms with Crippen molar-refractivity contribution in [2.24, 2.45) is 4.99 Å². The zero-order valence-corrected chi connectivity index (χ0v) is 19.2. The molecule has 1 saturated heterocycles. The molecule has 0 bridgehead atoms. The van der Waals surface area contributed by atoms with Gasteiger partial charge in [0.1, 0.15) is 5.60 Å². The molecular weight excluding hydrogens is 396 g/mol. The lowest BCUT2D eigenvalue weighted by atomic mass is 10.1. The second-order valence-electron chi connectivity index (χ2n) is 8.86. The van der Waals surface area contributed by atoms with E-state index in [9.17, 15) is 4.79 Å². The van der Waals surface area contributed by atoms with E-state index in [0.29, 0.717) is 52.6 Å². The number of nitrogens with zero attached hydrogens (tertiary/aromatic N) is 3. The van der Waals surface area contributed by atoms with Crippen molar-refractivity contribution in [2.75, 3.05) is 46.0 Å². The highest BCUT2D eigenvalue weighted by molar-refractivity contribution is 5.82. The Morgan fingerprint density at radius 2 is 1.97 bits per heavy atom. The van der Waals surface area contributed by atoms with Crippen LogP contribution in [0.2, 0.25) is 0 Å². The summed E-state index contributed by atoms with van der Waals surface area (Å²) < 4.78 is 16.5. The summed E-state index contributed by atoms with van der Waals surface area (Å²) in [5, 5.41) is 3.47. The lowest BCUT2D eigenvalue weighted by Gasteiger charge is -2.39. The smallest absolute Gasteiger partial charge is 0.410 e. The van der Waals surface area contributed by atoms with Crippen LogP contribution in [-0.2, 0) is 27.4 Å². The third-order valence-electron chi connectivity index (χ3n) is 5.15. The number of nitrogens with one attached hydrogen (secondary N) is 1. The normalized spacial score (nSPS) is 18.6. The molecule has 2 heterocycles. The first kappa shape index (κ1) is 23.3. The summed E-state index contributed by atoms with van der Waals surface area (Å²) in [6, 6.07) is 8.58. The van der Waals surface area contributed by atoms with Gasteiger partial charge >= 0.3 is 6.09 Å². The van der Waals surface area contributed by atoms with Crippen molar-refractivity contribution in [1.82, 2.24) is 15.1 Å². The summed E-state index contributed by atoms with van der Waals surface area (Å²) in [4.78, 5) is 21.1. The van der Waals surface area contributed by atoms with Crippen molar-refractivity contribution in [2.45, 2.75) is 52.5 Å². The minimum absolute atomic E-state index is 0.203. The van der Waals surface area contributed by atoms with Gasteiger partial charge in [-0.15, -0.1) is 0 Å². The van der Waals surface area contributed by atoms with Gasteiger partial charge in [-0.2, -0.15) is 0 Å². The molecule has 8 heteroatoms. The second kappa shape index (κ2) is 10.8.